The van der Waals surface area contributed by atoms with Gasteiger partial charge in [-0.1, -0.05) is 113 Å². The van der Waals surface area contributed by atoms with E-state index in [0.29, 0.717) is 0 Å². The van der Waals surface area contributed by atoms with Crippen LogP contribution in [0.3, 0.4) is 0 Å². The standard InChI is InChI=1S/C10H10N3O.C7H8.C4H9.2C3H8O.C3H6O.2C2H5I.Y/c1-9-2-4-10(5-3-9)14-8-13-7-11-6-12-13;1-7-5-3-2-4-6-7;1-4(2)3;2*1-3-4-2;1-3(2)4;2*1-2-3;/h2-8H,1H3;2-6H,1H3;1-3H3;2*3H2,1-2H3;1-2H3;2*2H2,1H3;/q-1;;-1;;;;;;. The Balaban J connectivity index is -0.000000103. The van der Waals surface area contributed by atoms with Crippen LogP contribution in [0.25, 0.3) is 0 Å². The summed E-state index contributed by atoms with van der Waals surface area (Å²) >= 11 is 4.58. The van der Waals surface area contributed by atoms with Gasteiger partial charge in [-0.15, -0.1) is 0 Å². The monoisotopic (exact) mass is 916 g/mol. The van der Waals surface area contributed by atoms with Crippen molar-refractivity contribution in [3.05, 3.63) is 91.0 Å². The smallest absolute Gasteiger partial charge is 0.126 e. The van der Waals surface area contributed by atoms with Gasteiger partial charge >= 0.3 is 0 Å². The Morgan fingerprint density at radius 3 is 1.41 bits per heavy atom. The predicted octanol–water partition coefficient (Wildman–Crippen LogP) is 10.0. The third-order valence-electron chi connectivity index (χ3n) is 3.27. The SMILES string of the molecule is CC(C)=O.CCI.CCI.CCOC.CCOC.C[C-](C)C.Cc1ccc(O[CH-]n2cncn2)cc1.Cc1ccccc1.[Y]. The van der Waals surface area contributed by atoms with Gasteiger partial charge in [0, 0.05) is 66.9 Å². The maximum atomic E-state index is 9.44. The van der Waals surface area contributed by atoms with Crippen LogP contribution in [0.1, 0.15) is 73.4 Å². The molecule has 0 saturated heterocycles. The van der Waals surface area contributed by atoms with Gasteiger partial charge in [0.25, 0.3) is 0 Å². The first-order valence-corrected chi connectivity index (χ1v) is 17.2. The van der Waals surface area contributed by atoms with Crippen LogP contribution in [0, 0.1) is 26.5 Å². The average Bonchev–Trinajstić information content (AvgIpc) is 3.48. The summed E-state index contributed by atoms with van der Waals surface area (Å²) in [6.07, 6.45) is 3.02. The fourth-order valence-corrected chi connectivity index (χ4v) is 1.54. The number of halogens is 2. The first-order chi connectivity index (χ1) is 20.4. The zero-order valence-corrected chi connectivity index (χ0v) is 36.7. The van der Waals surface area contributed by atoms with Crippen LogP contribution in [-0.2, 0) is 47.0 Å². The molecule has 0 atom stereocenters. The van der Waals surface area contributed by atoms with Crippen LogP contribution in [-0.4, -0.2) is 56.8 Å². The van der Waals surface area contributed by atoms with Gasteiger partial charge in [-0.3, -0.25) is 0 Å². The molecule has 0 aliphatic rings. The maximum absolute atomic E-state index is 9.44. The van der Waals surface area contributed by atoms with Crippen molar-refractivity contribution in [2.45, 2.75) is 76.2 Å². The molecule has 0 amide bonds. The van der Waals surface area contributed by atoms with E-state index in [1.54, 1.807) is 20.5 Å². The number of carbonyl (C=O) groups excluding carboxylic acids is 1. The van der Waals surface area contributed by atoms with Crippen LogP contribution in [0.2, 0.25) is 0 Å². The summed E-state index contributed by atoms with van der Waals surface area (Å²) in [6.45, 7) is 24.7. The molecule has 2 aromatic carbocycles. The molecule has 7 nitrogen and oxygen atoms in total. The molecule has 1 aromatic heterocycles. The second kappa shape index (κ2) is 49.3. The van der Waals surface area contributed by atoms with Crippen molar-refractivity contribution in [2.75, 3.05) is 36.3 Å². The Kier molecular flexibility index (Phi) is 62.5. The largest absolute Gasteiger partial charge is 0.534 e. The molecule has 0 aliphatic carbocycles. The molecular weight excluding hydrogens is 857 g/mol. The first kappa shape index (κ1) is 55.8. The quantitative estimate of drug-likeness (QED) is 0.144. The Labute approximate surface area is 323 Å². The number of carbonyl (C=O) groups is 1. The van der Waals surface area contributed by atoms with Gasteiger partial charge in [-0.2, -0.15) is 25.9 Å². The van der Waals surface area contributed by atoms with Crippen molar-refractivity contribution in [3.63, 3.8) is 0 Å². The van der Waals surface area contributed by atoms with Crippen molar-refractivity contribution in [3.8, 4) is 5.75 Å². The predicted molar refractivity (Wildman–Crippen MR) is 204 cm³/mol. The fraction of sp³-hybridized carbons (Fsp3) is 0.500. The summed E-state index contributed by atoms with van der Waals surface area (Å²) in [5.74, 6) is 2.37. The molecule has 0 spiro atoms. The van der Waals surface area contributed by atoms with Crippen molar-refractivity contribution >= 4 is 51.0 Å². The van der Waals surface area contributed by atoms with Crippen LogP contribution in [0.4, 0.5) is 0 Å². The number of alkyl halides is 2. The molecule has 3 aromatic rings. The molecular formula is C34H59I2N3O4Y-2. The number of Topliss-reactive ketones (excluding diaryl/α,β-unsaturated/α-hetero) is 1. The molecule has 3 rings (SSSR count). The number of nitrogens with zero attached hydrogens (tertiary/aromatic N) is 3. The van der Waals surface area contributed by atoms with Crippen LogP contribution < -0.4 is 4.74 Å². The molecule has 1 radical (unpaired) electrons. The number of aryl methyl sites for hydroxylation is 2. The van der Waals surface area contributed by atoms with Gasteiger partial charge in [-0.05, 0) is 68.9 Å². The molecule has 0 saturated carbocycles. The van der Waals surface area contributed by atoms with E-state index in [4.69, 9.17) is 4.74 Å². The number of ketones is 1. The summed E-state index contributed by atoms with van der Waals surface area (Å²) < 4.78 is 18.4. The molecule has 253 valence electrons. The summed E-state index contributed by atoms with van der Waals surface area (Å²) in [5, 5.41) is 3.87. The molecule has 0 N–H and O–H groups in total. The van der Waals surface area contributed by atoms with E-state index in [1.807, 2.05) is 63.2 Å². The van der Waals surface area contributed by atoms with Crippen LogP contribution in [0.5, 0.6) is 5.75 Å². The molecule has 10 heteroatoms. The van der Waals surface area contributed by atoms with Crippen LogP contribution >= 0.6 is 45.2 Å². The molecule has 0 unspecified atom stereocenters. The van der Waals surface area contributed by atoms with Crippen LogP contribution in [0.15, 0.2) is 67.3 Å². The number of hydrogen-bond donors (Lipinski definition) is 0. The minimum absolute atomic E-state index is 0. The molecule has 1 heterocycles. The van der Waals surface area contributed by atoms with E-state index in [2.05, 4.69) is 118 Å². The summed E-state index contributed by atoms with van der Waals surface area (Å²) in [6, 6.07) is 18.1. The topological polar surface area (TPSA) is 75.5 Å². The van der Waals surface area contributed by atoms with Crippen molar-refractivity contribution in [2.24, 2.45) is 0 Å². The number of rotatable bonds is 5. The number of benzene rings is 2. The second-order valence-electron chi connectivity index (χ2n) is 8.66. The van der Waals surface area contributed by atoms with E-state index in [9.17, 15) is 4.79 Å². The van der Waals surface area contributed by atoms with Crippen molar-refractivity contribution in [1.29, 1.82) is 0 Å². The third-order valence-corrected chi connectivity index (χ3v) is 3.27. The van der Waals surface area contributed by atoms with Gasteiger partial charge in [0.05, 0.1) is 0 Å². The second-order valence-corrected chi connectivity index (χ2v) is 11.7. The number of methoxy groups -OCH3 is 2. The van der Waals surface area contributed by atoms with E-state index < -0.39 is 0 Å². The Morgan fingerprint density at radius 1 is 0.818 bits per heavy atom. The summed E-state index contributed by atoms with van der Waals surface area (Å²) in [7, 11) is 3.36. The summed E-state index contributed by atoms with van der Waals surface area (Å²) in [5.41, 5.74) is 2.53. The first-order valence-electron chi connectivity index (χ1n) is 14.1. The maximum Gasteiger partial charge on any atom is 0.126 e. The number of ether oxygens (including phenoxy) is 3. The molecule has 0 aliphatic heterocycles. The zero-order valence-electron chi connectivity index (χ0n) is 29.6. The Hall–Kier alpha value is -0.596. The molecule has 0 bridgehead atoms. The summed E-state index contributed by atoms with van der Waals surface area (Å²) in [4.78, 5) is 13.2. The number of aromatic nitrogens is 3. The molecule has 0 fully saturated rings. The fourth-order valence-electron chi connectivity index (χ4n) is 1.54. The van der Waals surface area contributed by atoms with Gasteiger partial charge in [0.15, 0.2) is 0 Å². The minimum atomic E-state index is 0. The molecule has 44 heavy (non-hydrogen) atoms. The minimum Gasteiger partial charge on any atom is -0.534 e. The zero-order chi connectivity index (χ0) is 34.3. The average molecular weight is 917 g/mol. The van der Waals surface area contributed by atoms with Gasteiger partial charge in [0.2, 0.25) is 0 Å². The van der Waals surface area contributed by atoms with Crippen molar-refractivity contribution in [1.82, 2.24) is 14.8 Å². The van der Waals surface area contributed by atoms with Gasteiger partial charge in [-0.25, -0.2) is 0 Å². The van der Waals surface area contributed by atoms with E-state index in [1.165, 1.54) is 57.5 Å². The van der Waals surface area contributed by atoms with Gasteiger partial charge in [0.1, 0.15) is 17.9 Å². The van der Waals surface area contributed by atoms with Gasteiger partial charge < -0.3 is 34.6 Å². The van der Waals surface area contributed by atoms with E-state index >= 15 is 0 Å². The van der Waals surface area contributed by atoms with Crippen molar-refractivity contribution < 1.29 is 51.7 Å². The van der Waals surface area contributed by atoms with E-state index in [0.717, 1.165) is 19.0 Å². The number of hydrogen-bond acceptors (Lipinski definition) is 6. The van der Waals surface area contributed by atoms with E-state index in [-0.39, 0.29) is 38.5 Å². The Morgan fingerprint density at radius 2 is 1.16 bits per heavy atom. The normalized spacial score (nSPS) is 8.09. The Bertz CT molecular complexity index is 855. The third kappa shape index (κ3) is 68.5.